The molecule has 0 saturated carbocycles. The van der Waals surface area contributed by atoms with Crippen LogP contribution in [0.1, 0.15) is 51.1 Å². The lowest BCUT2D eigenvalue weighted by Crippen LogP contribution is -2.50. The number of piperazine rings is 1. The summed E-state index contributed by atoms with van der Waals surface area (Å²) in [5, 5.41) is 6.08. The number of benzene rings is 4. The van der Waals surface area contributed by atoms with Crippen LogP contribution in [-0.2, 0) is 11.3 Å². The highest BCUT2D eigenvalue weighted by molar-refractivity contribution is 6.34. The van der Waals surface area contributed by atoms with E-state index in [-0.39, 0.29) is 30.1 Å². The minimum absolute atomic E-state index is 0.105. The molecule has 1 saturated heterocycles. The molecular weight excluding hydrogens is 579 g/mol. The molecule has 5 rings (SSSR count). The van der Waals surface area contributed by atoms with Crippen LogP contribution >= 0.6 is 11.6 Å². The molecule has 2 N–H and O–H groups in total. The largest absolute Gasteiger partial charge is 0.367 e. The second-order valence-corrected chi connectivity index (χ2v) is 11.1. The number of hydrogen-bond acceptors (Lipinski definition) is 4. The average molecular weight is 613 g/mol. The van der Waals surface area contributed by atoms with Crippen molar-refractivity contribution in [1.82, 2.24) is 10.2 Å². The molecule has 0 bridgehead atoms. The fourth-order valence-electron chi connectivity index (χ4n) is 5.42. The number of anilines is 2. The smallest absolute Gasteiger partial charge is 0.257 e. The Balaban J connectivity index is 1.34. The molecule has 1 aliphatic heterocycles. The number of hydrogen-bond donors (Lipinski definition) is 2. The third-order valence-corrected chi connectivity index (χ3v) is 8.15. The lowest BCUT2D eigenvalue weighted by atomic mass is 9.94. The van der Waals surface area contributed by atoms with E-state index in [1.165, 1.54) is 12.1 Å². The summed E-state index contributed by atoms with van der Waals surface area (Å²) in [4.78, 5) is 43.9. The summed E-state index contributed by atoms with van der Waals surface area (Å²) in [6.07, 6.45) is 0.711. The third kappa shape index (κ3) is 7.26. The van der Waals surface area contributed by atoms with Crippen LogP contribution in [0.15, 0.2) is 97.1 Å². The number of amides is 3. The summed E-state index contributed by atoms with van der Waals surface area (Å²) in [5.41, 5.74) is 3.59. The summed E-state index contributed by atoms with van der Waals surface area (Å²) in [6.45, 7) is 4.35. The lowest BCUT2D eigenvalue weighted by Gasteiger charge is -2.38. The van der Waals surface area contributed by atoms with Crippen LogP contribution < -0.4 is 15.5 Å². The highest BCUT2D eigenvalue weighted by atomic mass is 35.5. The Morgan fingerprint density at radius 3 is 2.18 bits per heavy atom. The Bertz CT molecular complexity index is 1620. The zero-order valence-electron chi connectivity index (χ0n) is 24.4. The normalized spacial score (nSPS) is 13.7. The van der Waals surface area contributed by atoms with Gasteiger partial charge in [-0.3, -0.25) is 14.4 Å². The fourth-order valence-corrected chi connectivity index (χ4v) is 5.64. The van der Waals surface area contributed by atoms with Gasteiger partial charge in [0, 0.05) is 44.1 Å². The van der Waals surface area contributed by atoms with Crippen molar-refractivity contribution in [3.63, 3.8) is 0 Å². The molecular formula is C35H34ClFN4O3. The van der Waals surface area contributed by atoms with Crippen LogP contribution in [0.5, 0.6) is 0 Å². The molecule has 9 heteroatoms. The molecule has 1 fully saturated rings. The average Bonchev–Trinajstić information content (AvgIpc) is 3.05. The van der Waals surface area contributed by atoms with Crippen LogP contribution in [0, 0.1) is 5.82 Å². The highest BCUT2D eigenvalue weighted by Crippen LogP contribution is 2.28. The van der Waals surface area contributed by atoms with Crippen LogP contribution in [0.2, 0.25) is 5.02 Å². The van der Waals surface area contributed by atoms with E-state index >= 15 is 0 Å². The Hall–Kier alpha value is -4.69. The van der Waals surface area contributed by atoms with Crippen molar-refractivity contribution < 1.29 is 18.8 Å². The number of rotatable bonds is 9. The number of halogens is 2. The van der Waals surface area contributed by atoms with Gasteiger partial charge in [0.25, 0.3) is 11.8 Å². The summed E-state index contributed by atoms with van der Waals surface area (Å²) < 4.78 is 13.4. The summed E-state index contributed by atoms with van der Waals surface area (Å²) >= 11 is 6.22. The van der Waals surface area contributed by atoms with Crippen LogP contribution in [0.4, 0.5) is 15.8 Å². The maximum absolute atomic E-state index is 13.6. The first kappa shape index (κ1) is 30.8. The Labute approximate surface area is 261 Å². The van der Waals surface area contributed by atoms with Gasteiger partial charge in [-0.1, -0.05) is 73.1 Å². The van der Waals surface area contributed by atoms with E-state index in [1.54, 1.807) is 48.5 Å². The molecule has 3 amide bonds. The van der Waals surface area contributed by atoms with Crippen LogP contribution in [-0.4, -0.2) is 48.8 Å². The summed E-state index contributed by atoms with van der Waals surface area (Å²) in [7, 11) is 0. The molecule has 226 valence electrons. The molecule has 4 aromatic carbocycles. The lowest BCUT2D eigenvalue weighted by molar-refractivity contribution is -0.133. The van der Waals surface area contributed by atoms with Crippen LogP contribution in [0.25, 0.3) is 0 Å². The van der Waals surface area contributed by atoms with E-state index in [9.17, 15) is 18.8 Å². The molecule has 4 aromatic rings. The minimum atomic E-state index is -0.392. The maximum Gasteiger partial charge on any atom is 0.257 e. The highest BCUT2D eigenvalue weighted by Gasteiger charge is 2.29. The van der Waals surface area contributed by atoms with E-state index in [2.05, 4.69) is 15.5 Å². The fraction of sp³-hybridized carbons (Fsp3) is 0.229. The van der Waals surface area contributed by atoms with E-state index in [4.69, 9.17) is 11.6 Å². The molecule has 0 aliphatic carbocycles. The number of carbonyl (C=O) groups excluding carboxylic acids is 3. The van der Waals surface area contributed by atoms with Gasteiger partial charge in [-0.15, -0.1) is 0 Å². The van der Waals surface area contributed by atoms with Gasteiger partial charge in [-0.25, -0.2) is 4.39 Å². The zero-order valence-corrected chi connectivity index (χ0v) is 25.2. The Morgan fingerprint density at radius 1 is 0.818 bits per heavy atom. The molecule has 0 unspecified atom stereocenters. The SMILES string of the molecule is CC[C@H](C(=O)N1CCN(c2ccc(NC(=O)c3ccccc3Cl)cc2C(=O)NCc2ccc(F)cc2)CC1)c1ccccc1. The molecule has 1 aliphatic rings. The van der Waals surface area contributed by atoms with Crippen molar-refractivity contribution >= 4 is 40.7 Å². The molecule has 7 nitrogen and oxygen atoms in total. The number of carbonyl (C=O) groups is 3. The van der Waals surface area contributed by atoms with Gasteiger partial charge in [-0.2, -0.15) is 0 Å². The Morgan fingerprint density at radius 2 is 1.50 bits per heavy atom. The van der Waals surface area contributed by atoms with Gasteiger partial charge in [0.2, 0.25) is 5.91 Å². The second-order valence-electron chi connectivity index (χ2n) is 10.7. The second kappa shape index (κ2) is 14.2. The molecule has 0 spiro atoms. The molecule has 44 heavy (non-hydrogen) atoms. The van der Waals surface area contributed by atoms with Crippen molar-refractivity contribution in [3.05, 3.63) is 130 Å². The monoisotopic (exact) mass is 612 g/mol. The molecule has 1 atom stereocenters. The van der Waals surface area contributed by atoms with E-state index < -0.39 is 5.91 Å². The van der Waals surface area contributed by atoms with Crippen molar-refractivity contribution in [3.8, 4) is 0 Å². The van der Waals surface area contributed by atoms with Gasteiger partial charge in [0.1, 0.15) is 5.82 Å². The number of nitrogens with one attached hydrogen (secondary N) is 2. The van der Waals surface area contributed by atoms with Crippen molar-refractivity contribution in [2.75, 3.05) is 36.4 Å². The predicted octanol–water partition coefficient (Wildman–Crippen LogP) is 6.50. The summed E-state index contributed by atoms with van der Waals surface area (Å²) in [5.74, 6) is -1.18. The molecule has 0 aromatic heterocycles. The first-order valence-corrected chi connectivity index (χ1v) is 15.0. The molecule has 0 radical (unpaired) electrons. The van der Waals surface area contributed by atoms with E-state index in [0.717, 1.165) is 11.1 Å². The van der Waals surface area contributed by atoms with Crippen molar-refractivity contribution in [2.45, 2.75) is 25.8 Å². The topological polar surface area (TPSA) is 81.8 Å². The quantitative estimate of drug-likeness (QED) is 0.226. The van der Waals surface area contributed by atoms with Gasteiger partial charge in [0.15, 0.2) is 0 Å². The van der Waals surface area contributed by atoms with Gasteiger partial charge in [0.05, 0.1) is 22.1 Å². The first-order valence-electron chi connectivity index (χ1n) is 14.6. The van der Waals surface area contributed by atoms with Gasteiger partial charge in [-0.05, 0) is 60.0 Å². The minimum Gasteiger partial charge on any atom is -0.367 e. The summed E-state index contributed by atoms with van der Waals surface area (Å²) in [6, 6.07) is 27.7. The first-order chi connectivity index (χ1) is 21.3. The predicted molar refractivity (Wildman–Crippen MR) is 172 cm³/mol. The van der Waals surface area contributed by atoms with Crippen LogP contribution in [0.3, 0.4) is 0 Å². The number of nitrogens with zero attached hydrogens (tertiary/aromatic N) is 2. The standard InChI is InChI=1S/C35H34ClFN4O3/c1-2-28(25-8-4-3-5-9-25)35(44)41-20-18-40(19-21-41)32-17-16-27(39-34(43)29-10-6-7-11-31(29)36)22-30(32)33(42)38-23-24-12-14-26(37)15-13-24/h3-17,22,28H,2,18-21,23H2,1H3,(H,38,42)(H,39,43)/t28-/m0/s1. The van der Waals surface area contributed by atoms with E-state index in [0.29, 0.717) is 60.1 Å². The van der Waals surface area contributed by atoms with Crippen molar-refractivity contribution in [2.24, 2.45) is 0 Å². The Kier molecular flexibility index (Phi) is 9.92. The van der Waals surface area contributed by atoms with Gasteiger partial charge < -0.3 is 20.4 Å². The van der Waals surface area contributed by atoms with E-state index in [1.807, 2.05) is 48.2 Å². The zero-order chi connectivity index (χ0) is 31.1. The van der Waals surface area contributed by atoms with Crippen molar-refractivity contribution in [1.29, 1.82) is 0 Å². The molecule has 1 heterocycles. The van der Waals surface area contributed by atoms with Gasteiger partial charge >= 0.3 is 0 Å². The third-order valence-electron chi connectivity index (χ3n) is 7.82. The maximum atomic E-state index is 13.6.